The first kappa shape index (κ1) is 17.4. The van der Waals surface area contributed by atoms with E-state index in [1.165, 1.54) is 5.56 Å². The third-order valence-corrected chi connectivity index (χ3v) is 3.81. The summed E-state index contributed by atoms with van der Waals surface area (Å²) in [6, 6.07) is 15.0. The number of rotatable bonds is 5. The molecule has 23 heavy (non-hydrogen) atoms. The summed E-state index contributed by atoms with van der Waals surface area (Å²) in [6.45, 7) is 7.23. The topological polar surface area (TPSA) is 38.3 Å². The summed E-state index contributed by atoms with van der Waals surface area (Å²) < 4.78 is 5.54. The van der Waals surface area contributed by atoms with E-state index in [9.17, 15) is 4.79 Å². The van der Waals surface area contributed by atoms with Gasteiger partial charge in [0, 0.05) is 5.56 Å². The van der Waals surface area contributed by atoms with Crippen LogP contribution in [0.5, 0.6) is 5.75 Å². The van der Waals surface area contributed by atoms with Gasteiger partial charge < -0.3 is 10.1 Å². The highest BCUT2D eigenvalue weighted by Crippen LogP contribution is 2.23. The molecule has 0 fully saturated rings. The number of carbonyl (C=O) groups excluding carboxylic acids is 1. The number of hydrogen-bond donors (Lipinski definition) is 1. The largest absolute Gasteiger partial charge is 0.490 e. The summed E-state index contributed by atoms with van der Waals surface area (Å²) in [5, 5.41) is 3.41. The summed E-state index contributed by atoms with van der Waals surface area (Å²) in [6.07, 6.45) is 0. The van der Waals surface area contributed by atoms with Crippen molar-refractivity contribution in [2.75, 3.05) is 13.2 Å². The molecule has 0 atom stereocenters. The van der Waals surface area contributed by atoms with Crippen molar-refractivity contribution >= 4 is 17.5 Å². The second-order valence-electron chi connectivity index (χ2n) is 6.36. The van der Waals surface area contributed by atoms with Crippen LogP contribution in [0.25, 0.3) is 0 Å². The van der Waals surface area contributed by atoms with Gasteiger partial charge in [-0.2, -0.15) is 0 Å². The van der Waals surface area contributed by atoms with Crippen LogP contribution in [0.1, 0.15) is 36.7 Å². The minimum absolute atomic E-state index is 0.0811. The normalized spacial score (nSPS) is 11.1. The number of amides is 1. The first-order valence-corrected chi connectivity index (χ1v) is 8.02. The zero-order valence-electron chi connectivity index (χ0n) is 13.7. The van der Waals surface area contributed by atoms with Crippen LogP contribution < -0.4 is 10.1 Å². The van der Waals surface area contributed by atoms with E-state index in [1.54, 1.807) is 12.1 Å². The van der Waals surface area contributed by atoms with E-state index >= 15 is 0 Å². The minimum atomic E-state index is -0.104. The van der Waals surface area contributed by atoms with Crippen LogP contribution in [-0.2, 0) is 5.41 Å². The van der Waals surface area contributed by atoms with Gasteiger partial charge in [0.05, 0.1) is 11.6 Å². The van der Waals surface area contributed by atoms with Crippen molar-refractivity contribution in [3.63, 3.8) is 0 Å². The molecule has 2 aromatic carbocycles. The van der Waals surface area contributed by atoms with E-state index in [-0.39, 0.29) is 11.3 Å². The molecule has 3 nitrogen and oxygen atoms in total. The van der Waals surface area contributed by atoms with E-state index in [0.29, 0.717) is 29.5 Å². The molecule has 0 radical (unpaired) electrons. The summed E-state index contributed by atoms with van der Waals surface area (Å²) in [7, 11) is 0. The van der Waals surface area contributed by atoms with Crippen LogP contribution in [0.15, 0.2) is 48.5 Å². The average Bonchev–Trinajstić information content (AvgIpc) is 2.52. The van der Waals surface area contributed by atoms with Gasteiger partial charge >= 0.3 is 0 Å². The molecule has 0 saturated heterocycles. The van der Waals surface area contributed by atoms with E-state index in [4.69, 9.17) is 16.3 Å². The molecule has 0 aliphatic carbocycles. The fourth-order valence-electron chi connectivity index (χ4n) is 2.11. The number of hydrogen-bond acceptors (Lipinski definition) is 2. The standard InChI is InChI=1S/C19H22ClNO2/c1-19(2,3)15-10-8-14(9-11-15)18(22)21-12-13-23-17-7-5-4-6-16(17)20/h4-11H,12-13H2,1-3H3,(H,21,22). The third-order valence-electron chi connectivity index (χ3n) is 3.49. The van der Waals surface area contributed by atoms with Gasteiger partial charge in [-0.25, -0.2) is 0 Å². The van der Waals surface area contributed by atoms with Gasteiger partial charge in [0.2, 0.25) is 0 Å². The molecular formula is C19H22ClNO2. The molecule has 4 heteroatoms. The molecule has 0 unspecified atom stereocenters. The molecule has 0 saturated carbocycles. The molecule has 1 amide bonds. The molecule has 0 heterocycles. The first-order chi connectivity index (χ1) is 10.9. The lowest BCUT2D eigenvalue weighted by molar-refractivity contribution is 0.0947. The Labute approximate surface area is 142 Å². The lowest BCUT2D eigenvalue weighted by Crippen LogP contribution is -2.28. The highest BCUT2D eigenvalue weighted by atomic mass is 35.5. The molecule has 0 aliphatic rings. The Morgan fingerprint density at radius 2 is 1.74 bits per heavy atom. The Bertz CT molecular complexity index is 660. The van der Waals surface area contributed by atoms with Crippen LogP contribution >= 0.6 is 11.6 Å². The van der Waals surface area contributed by atoms with Crippen molar-refractivity contribution in [3.8, 4) is 5.75 Å². The first-order valence-electron chi connectivity index (χ1n) is 7.64. The third kappa shape index (κ3) is 5.00. The molecule has 0 aliphatic heterocycles. The van der Waals surface area contributed by atoms with Crippen LogP contribution in [0.4, 0.5) is 0 Å². The second kappa shape index (κ2) is 7.51. The van der Waals surface area contributed by atoms with Gasteiger partial charge in [-0.05, 0) is 35.2 Å². The van der Waals surface area contributed by atoms with Crippen molar-refractivity contribution in [2.45, 2.75) is 26.2 Å². The van der Waals surface area contributed by atoms with Crippen LogP contribution in [0, 0.1) is 0 Å². The van der Waals surface area contributed by atoms with Crippen molar-refractivity contribution in [2.24, 2.45) is 0 Å². The second-order valence-corrected chi connectivity index (χ2v) is 6.77. The Morgan fingerprint density at radius 1 is 1.09 bits per heavy atom. The van der Waals surface area contributed by atoms with Crippen LogP contribution in [0.2, 0.25) is 5.02 Å². The number of ether oxygens (including phenoxy) is 1. The fraction of sp³-hybridized carbons (Fsp3) is 0.316. The smallest absolute Gasteiger partial charge is 0.251 e. The summed E-state index contributed by atoms with van der Waals surface area (Å²) in [5.74, 6) is 0.520. The molecule has 0 bridgehead atoms. The molecule has 2 aromatic rings. The molecular weight excluding hydrogens is 310 g/mol. The maximum Gasteiger partial charge on any atom is 0.251 e. The highest BCUT2D eigenvalue weighted by molar-refractivity contribution is 6.32. The lowest BCUT2D eigenvalue weighted by Gasteiger charge is -2.19. The highest BCUT2D eigenvalue weighted by Gasteiger charge is 2.14. The molecule has 0 spiro atoms. The Kier molecular flexibility index (Phi) is 5.67. The SMILES string of the molecule is CC(C)(C)c1ccc(C(=O)NCCOc2ccccc2Cl)cc1. The average molecular weight is 332 g/mol. The lowest BCUT2D eigenvalue weighted by atomic mass is 9.87. The molecule has 1 N–H and O–H groups in total. The maximum atomic E-state index is 12.1. The van der Waals surface area contributed by atoms with E-state index < -0.39 is 0 Å². The van der Waals surface area contributed by atoms with E-state index in [2.05, 4.69) is 26.1 Å². The van der Waals surface area contributed by atoms with Crippen molar-refractivity contribution in [1.29, 1.82) is 0 Å². The van der Waals surface area contributed by atoms with Gasteiger partial charge in [0.1, 0.15) is 12.4 Å². The maximum absolute atomic E-state index is 12.1. The van der Waals surface area contributed by atoms with Gasteiger partial charge in [0.25, 0.3) is 5.91 Å². The van der Waals surface area contributed by atoms with Crippen LogP contribution in [-0.4, -0.2) is 19.1 Å². The van der Waals surface area contributed by atoms with Gasteiger partial charge in [0.15, 0.2) is 0 Å². The fourth-order valence-corrected chi connectivity index (χ4v) is 2.30. The predicted molar refractivity (Wildman–Crippen MR) is 94.4 cm³/mol. The molecule has 2 rings (SSSR count). The molecule has 0 aromatic heterocycles. The Balaban J connectivity index is 1.82. The summed E-state index contributed by atoms with van der Waals surface area (Å²) >= 11 is 6.00. The number of halogens is 1. The van der Waals surface area contributed by atoms with E-state index in [1.807, 2.05) is 36.4 Å². The number of para-hydroxylation sites is 1. The van der Waals surface area contributed by atoms with Gasteiger partial charge in [-0.15, -0.1) is 0 Å². The predicted octanol–water partition coefficient (Wildman–Crippen LogP) is 4.45. The monoisotopic (exact) mass is 331 g/mol. The van der Waals surface area contributed by atoms with Crippen LogP contribution in [0.3, 0.4) is 0 Å². The van der Waals surface area contributed by atoms with Gasteiger partial charge in [-0.3, -0.25) is 4.79 Å². The van der Waals surface area contributed by atoms with Gasteiger partial charge in [-0.1, -0.05) is 56.6 Å². The van der Waals surface area contributed by atoms with E-state index in [0.717, 1.165) is 0 Å². The summed E-state index contributed by atoms with van der Waals surface area (Å²) in [4.78, 5) is 12.1. The zero-order chi connectivity index (χ0) is 16.9. The Morgan fingerprint density at radius 3 is 2.35 bits per heavy atom. The van der Waals surface area contributed by atoms with Crippen molar-refractivity contribution in [1.82, 2.24) is 5.32 Å². The van der Waals surface area contributed by atoms with Crippen molar-refractivity contribution in [3.05, 3.63) is 64.7 Å². The quantitative estimate of drug-likeness (QED) is 0.822. The zero-order valence-corrected chi connectivity index (χ0v) is 14.5. The summed E-state index contributed by atoms with van der Waals surface area (Å²) in [5.41, 5.74) is 1.93. The Hall–Kier alpha value is -2.00. The molecule has 122 valence electrons. The van der Waals surface area contributed by atoms with Crippen molar-refractivity contribution < 1.29 is 9.53 Å². The number of carbonyl (C=O) groups is 1. The number of benzene rings is 2. The number of nitrogens with one attached hydrogen (secondary N) is 1. The minimum Gasteiger partial charge on any atom is -0.490 e.